The predicted molar refractivity (Wildman–Crippen MR) is 146 cm³/mol. The van der Waals surface area contributed by atoms with Gasteiger partial charge in [-0.25, -0.2) is 39.9 Å². The van der Waals surface area contributed by atoms with Crippen LogP contribution in [0.3, 0.4) is 0 Å². The summed E-state index contributed by atoms with van der Waals surface area (Å²) in [5.41, 5.74) is 0.198. The molecule has 4 aromatic rings. The Balaban J connectivity index is 1.51. The number of rotatable bonds is 8. The van der Waals surface area contributed by atoms with Gasteiger partial charge in [-0.3, -0.25) is 4.57 Å². The average molecular weight is 623 g/mol. The normalized spacial score (nSPS) is 18.3. The fraction of sp³-hybridized carbons (Fsp3) is 0.458. The van der Waals surface area contributed by atoms with Crippen LogP contribution in [0.4, 0.5) is 8.78 Å². The largest absolute Gasteiger partial charge is 0.291 e. The molecule has 0 radical (unpaired) electrons. The number of fused-ring (bicyclic) bond motifs is 3. The lowest BCUT2D eigenvalue weighted by Gasteiger charge is -2.30. The average Bonchev–Trinajstić information content (AvgIpc) is 3.40. The highest BCUT2D eigenvalue weighted by atomic mass is 32.2. The molecule has 1 aromatic carbocycles. The summed E-state index contributed by atoms with van der Waals surface area (Å²) >= 11 is 0.661. The Hall–Kier alpha value is -3.17. The molecule has 41 heavy (non-hydrogen) atoms. The molecule has 1 aliphatic heterocycles. The highest BCUT2D eigenvalue weighted by molar-refractivity contribution is 7.89. The van der Waals surface area contributed by atoms with Gasteiger partial charge in [-0.15, -0.1) is 10.2 Å². The number of nitrogens with zero attached hydrogens (tertiary/aromatic N) is 7. The fourth-order valence-electron chi connectivity index (χ4n) is 5.18. The highest BCUT2D eigenvalue weighted by Crippen LogP contribution is 2.41. The second-order valence-electron chi connectivity index (χ2n) is 10.1. The van der Waals surface area contributed by atoms with Gasteiger partial charge in [0, 0.05) is 29.8 Å². The Morgan fingerprint density at radius 1 is 1.17 bits per heavy atom. The molecular formula is C24H24F2N8O4S3. The van der Waals surface area contributed by atoms with Gasteiger partial charge in [0.1, 0.15) is 11.9 Å². The Morgan fingerprint density at radius 2 is 1.90 bits per heavy atom. The van der Waals surface area contributed by atoms with Crippen molar-refractivity contribution in [3.05, 3.63) is 35.2 Å². The molecule has 1 aliphatic carbocycles. The molecule has 2 aliphatic rings. The number of nitriles is 1. The molecule has 6 rings (SSSR count). The molecule has 0 amide bonds. The van der Waals surface area contributed by atoms with E-state index in [1.165, 1.54) is 27.3 Å². The topological polar surface area (TPSA) is 164 Å². The van der Waals surface area contributed by atoms with Crippen LogP contribution in [0.5, 0.6) is 0 Å². The molecule has 1 N–H and O–H groups in total. The first kappa shape index (κ1) is 28.0. The van der Waals surface area contributed by atoms with Crippen molar-refractivity contribution in [2.24, 2.45) is 0 Å². The first-order valence-electron chi connectivity index (χ1n) is 12.8. The van der Waals surface area contributed by atoms with Crippen molar-refractivity contribution >= 4 is 53.3 Å². The van der Waals surface area contributed by atoms with E-state index in [0.717, 1.165) is 0 Å². The maximum Gasteiger partial charge on any atom is 0.291 e. The summed E-state index contributed by atoms with van der Waals surface area (Å²) in [5, 5.41) is 17.7. The summed E-state index contributed by atoms with van der Waals surface area (Å²) in [6.45, 7) is 2.26. The summed E-state index contributed by atoms with van der Waals surface area (Å²) in [4.78, 5) is 8.88. The standard InChI is InChI=1S/C24H24F2N8O4S3/c1-2-40(35,36)33-9-5-14(6-10-33)19-18-16-4-3-15(41(37,38)32-24(12-27)7-8-24)11-17(16)34(21(18)29-13-28-19)23-31-30-22(39-23)20(25)26/h3-4,11,13-14,20,32H,2,5-10H2,1H3. The van der Waals surface area contributed by atoms with Gasteiger partial charge in [0.25, 0.3) is 6.43 Å². The van der Waals surface area contributed by atoms with E-state index in [1.807, 2.05) is 6.07 Å². The van der Waals surface area contributed by atoms with Crippen molar-refractivity contribution in [1.29, 1.82) is 5.26 Å². The number of hydrogen-bond donors (Lipinski definition) is 1. The van der Waals surface area contributed by atoms with E-state index in [0.29, 0.717) is 77.7 Å². The molecule has 1 saturated heterocycles. The fourth-order valence-corrected chi connectivity index (χ4v) is 8.43. The Bertz CT molecular complexity index is 1920. The van der Waals surface area contributed by atoms with Crippen LogP contribution < -0.4 is 4.72 Å². The van der Waals surface area contributed by atoms with E-state index in [9.17, 15) is 30.9 Å². The van der Waals surface area contributed by atoms with Gasteiger partial charge in [0.2, 0.25) is 25.2 Å². The SMILES string of the molecule is CCS(=O)(=O)N1CCC(c2ncnc3c2c2ccc(S(=O)(=O)NC4(C#N)CC4)cc2n3-c2nnc(C(F)F)s2)CC1. The number of piperidine rings is 1. The molecule has 0 spiro atoms. The van der Waals surface area contributed by atoms with Crippen LogP contribution in [-0.4, -0.2) is 70.3 Å². The van der Waals surface area contributed by atoms with E-state index < -0.39 is 37.0 Å². The van der Waals surface area contributed by atoms with Crippen molar-refractivity contribution in [3.63, 3.8) is 0 Å². The highest BCUT2D eigenvalue weighted by Gasteiger charge is 2.47. The number of sulfonamides is 2. The Kier molecular flexibility index (Phi) is 6.81. The van der Waals surface area contributed by atoms with Crippen LogP contribution in [0, 0.1) is 11.3 Å². The van der Waals surface area contributed by atoms with Crippen molar-refractivity contribution in [2.45, 2.75) is 55.4 Å². The van der Waals surface area contributed by atoms with Crippen LogP contribution in [0.2, 0.25) is 0 Å². The minimum absolute atomic E-state index is 0.0148. The number of hydrogen-bond acceptors (Lipinski definition) is 10. The van der Waals surface area contributed by atoms with Gasteiger partial charge < -0.3 is 0 Å². The van der Waals surface area contributed by atoms with Gasteiger partial charge in [-0.05, 0) is 44.7 Å². The minimum atomic E-state index is -4.09. The molecule has 216 valence electrons. The second kappa shape index (κ2) is 9.98. The van der Waals surface area contributed by atoms with Crippen molar-refractivity contribution in [1.82, 2.24) is 33.8 Å². The summed E-state index contributed by atoms with van der Waals surface area (Å²) in [7, 11) is -7.43. The second-order valence-corrected chi connectivity index (χ2v) is 15.0. The summed E-state index contributed by atoms with van der Waals surface area (Å²) in [6.07, 6.45) is 0.344. The lowest BCUT2D eigenvalue weighted by atomic mass is 9.92. The number of benzene rings is 1. The smallest absolute Gasteiger partial charge is 0.268 e. The van der Waals surface area contributed by atoms with Crippen LogP contribution in [0.1, 0.15) is 55.7 Å². The van der Waals surface area contributed by atoms with Gasteiger partial charge in [0.05, 0.1) is 27.9 Å². The molecule has 0 unspecified atom stereocenters. The summed E-state index contributed by atoms with van der Waals surface area (Å²) in [5.74, 6) is -0.106. The number of aromatic nitrogens is 5. The molecule has 0 atom stereocenters. The van der Waals surface area contributed by atoms with Gasteiger partial charge >= 0.3 is 0 Å². The zero-order valence-corrected chi connectivity index (χ0v) is 24.1. The monoisotopic (exact) mass is 622 g/mol. The van der Waals surface area contributed by atoms with Gasteiger partial charge in [0.15, 0.2) is 10.7 Å². The molecule has 0 bridgehead atoms. The minimum Gasteiger partial charge on any atom is -0.268 e. The van der Waals surface area contributed by atoms with E-state index in [1.54, 1.807) is 13.0 Å². The third-order valence-electron chi connectivity index (χ3n) is 7.56. The molecule has 12 nitrogen and oxygen atoms in total. The Labute approximate surface area is 238 Å². The van der Waals surface area contributed by atoms with E-state index in [4.69, 9.17) is 0 Å². The van der Waals surface area contributed by atoms with Gasteiger partial charge in [-0.1, -0.05) is 17.4 Å². The lowest BCUT2D eigenvalue weighted by Crippen LogP contribution is -2.38. The first-order valence-corrected chi connectivity index (χ1v) is 16.7. The van der Waals surface area contributed by atoms with Crippen molar-refractivity contribution in [3.8, 4) is 11.2 Å². The van der Waals surface area contributed by atoms with Crippen LogP contribution in [-0.2, 0) is 20.0 Å². The maximum absolute atomic E-state index is 13.4. The van der Waals surface area contributed by atoms with E-state index in [-0.39, 0.29) is 21.7 Å². The number of halogens is 2. The molecule has 2 fully saturated rings. The van der Waals surface area contributed by atoms with E-state index >= 15 is 0 Å². The summed E-state index contributed by atoms with van der Waals surface area (Å²) < 4.78 is 83.5. The predicted octanol–water partition coefficient (Wildman–Crippen LogP) is 3.23. The van der Waals surface area contributed by atoms with E-state index in [2.05, 4.69) is 24.9 Å². The third-order valence-corrected chi connectivity index (χ3v) is 11.9. The number of alkyl halides is 2. The Morgan fingerprint density at radius 3 is 2.51 bits per heavy atom. The summed E-state index contributed by atoms with van der Waals surface area (Å²) in [6, 6.07) is 6.43. The molecule has 4 heterocycles. The zero-order chi connectivity index (χ0) is 29.2. The zero-order valence-electron chi connectivity index (χ0n) is 21.7. The van der Waals surface area contributed by atoms with Crippen LogP contribution >= 0.6 is 11.3 Å². The molecule has 1 saturated carbocycles. The quantitative estimate of drug-likeness (QED) is 0.311. The van der Waals surface area contributed by atoms with Crippen molar-refractivity contribution in [2.75, 3.05) is 18.8 Å². The van der Waals surface area contributed by atoms with Gasteiger partial charge in [-0.2, -0.15) is 9.98 Å². The first-order chi connectivity index (χ1) is 19.5. The van der Waals surface area contributed by atoms with Crippen molar-refractivity contribution < 1.29 is 25.6 Å². The maximum atomic E-state index is 13.4. The van der Waals surface area contributed by atoms with Crippen LogP contribution in [0.25, 0.3) is 27.1 Å². The molecular weight excluding hydrogens is 599 g/mol. The molecule has 3 aromatic heterocycles. The molecule has 17 heteroatoms. The third kappa shape index (κ3) is 4.87. The van der Waals surface area contributed by atoms with Crippen LogP contribution in [0.15, 0.2) is 29.4 Å². The number of nitrogens with one attached hydrogen (secondary N) is 1. The lowest BCUT2D eigenvalue weighted by molar-refractivity contribution is 0.150.